The normalized spacial score (nSPS) is 21.7. The third-order valence-electron chi connectivity index (χ3n) is 5.19. The van der Waals surface area contributed by atoms with Gasteiger partial charge in [0.1, 0.15) is 6.10 Å². The van der Waals surface area contributed by atoms with E-state index in [1.165, 1.54) is 0 Å². The number of amides is 1. The van der Waals surface area contributed by atoms with Gasteiger partial charge in [0, 0.05) is 43.7 Å². The van der Waals surface area contributed by atoms with Crippen molar-refractivity contribution in [1.29, 1.82) is 0 Å². The Morgan fingerprint density at radius 1 is 1.15 bits per heavy atom. The summed E-state index contributed by atoms with van der Waals surface area (Å²) in [6, 6.07) is 11.3. The molecule has 6 heteroatoms. The Balaban J connectivity index is 1.29. The van der Waals surface area contributed by atoms with Gasteiger partial charge >= 0.3 is 0 Å². The summed E-state index contributed by atoms with van der Waals surface area (Å²) in [6.45, 7) is 2.03. The first kappa shape index (κ1) is 17.0. The molecular weight excluding hydrogens is 330 g/mol. The molecule has 0 saturated carbocycles. The maximum atomic E-state index is 12.5. The molecule has 2 aromatic rings. The summed E-state index contributed by atoms with van der Waals surface area (Å²) in [5.41, 5.74) is 0.653. The van der Waals surface area contributed by atoms with Gasteiger partial charge in [-0.3, -0.25) is 9.78 Å². The molecule has 0 aliphatic carbocycles. The third kappa shape index (κ3) is 3.85. The van der Waals surface area contributed by atoms with Crippen molar-refractivity contribution in [3.63, 3.8) is 0 Å². The van der Waals surface area contributed by atoms with E-state index in [0.717, 1.165) is 38.0 Å². The van der Waals surface area contributed by atoms with Crippen LogP contribution in [0.15, 0.2) is 48.8 Å². The zero-order valence-electron chi connectivity index (χ0n) is 14.7. The lowest BCUT2D eigenvalue weighted by molar-refractivity contribution is -0.135. The van der Waals surface area contributed by atoms with Gasteiger partial charge in [-0.1, -0.05) is 12.1 Å². The number of carbonyl (C=O) groups excluding carboxylic acids is 1. The minimum atomic E-state index is -0.165. The molecule has 4 heterocycles. The lowest BCUT2D eigenvalue weighted by Crippen LogP contribution is -2.47. The highest BCUT2D eigenvalue weighted by Crippen LogP contribution is 2.37. The first-order valence-electron chi connectivity index (χ1n) is 9.12. The van der Waals surface area contributed by atoms with Gasteiger partial charge in [0.25, 0.3) is 0 Å². The number of piperidine rings is 1. The first-order valence-corrected chi connectivity index (χ1v) is 9.12. The number of hydrogen-bond acceptors (Lipinski definition) is 5. The quantitative estimate of drug-likeness (QED) is 0.843. The maximum absolute atomic E-state index is 12.5. The van der Waals surface area contributed by atoms with Crippen molar-refractivity contribution in [3.8, 4) is 5.88 Å². The molecule has 0 radical (unpaired) electrons. The van der Waals surface area contributed by atoms with E-state index in [0.29, 0.717) is 18.9 Å². The van der Waals surface area contributed by atoms with Crippen LogP contribution >= 0.6 is 0 Å². The molecule has 0 unspecified atom stereocenters. The van der Waals surface area contributed by atoms with Crippen LogP contribution in [0.4, 0.5) is 0 Å². The molecule has 2 aromatic heterocycles. The summed E-state index contributed by atoms with van der Waals surface area (Å²) in [7, 11) is 0. The molecule has 136 valence electrons. The largest absolute Gasteiger partial charge is 0.472 e. The van der Waals surface area contributed by atoms with Crippen LogP contribution in [0.3, 0.4) is 0 Å². The van der Waals surface area contributed by atoms with Gasteiger partial charge in [-0.25, -0.2) is 4.98 Å². The van der Waals surface area contributed by atoms with Crippen LogP contribution in [0.25, 0.3) is 0 Å². The predicted molar refractivity (Wildman–Crippen MR) is 95.7 cm³/mol. The van der Waals surface area contributed by atoms with Crippen molar-refractivity contribution >= 4 is 5.91 Å². The van der Waals surface area contributed by atoms with Crippen LogP contribution in [-0.2, 0) is 16.0 Å². The molecule has 2 aliphatic rings. The maximum Gasteiger partial charge on any atom is 0.228 e. The second-order valence-electron chi connectivity index (χ2n) is 6.98. The summed E-state index contributed by atoms with van der Waals surface area (Å²) >= 11 is 0. The van der Waals surface area contributed by atoms with E-state index in [-0.39, 0.29) is 17.6 Å². The van der Waals surface area contributed by atoms with Gasteiger partial charge in [-0.05, 0) is 31.0 Å². The van der Waals surface area contributed by atoms with Gasteiger partial charge in [0.15, 0.2) is 0 Å². The lowest BCUT2D eigenvalue weighted by Gasteiger charge is -2.38. The average molecular weight is 353 g/mol. The SMILES string of the molecule is O=C(Cc1ccccn1)N1CCC2(CC1)C[C@@H](Oc1ccccn1)CO2. The van der Waals surface area contributed by atoms with Crippen LogP contribution in [0, 0.1) is 0 Å². The molecule has 6 nitrogen and oxygen atoms in total. The molecule has 2 saturated heterocycles. The minimum absolute atomic E-state index is 0.0284. The molecule has 2 aliphatic heterocycles. The predicted octanol–water partition coefficient (Wildman–Crippen LogP) is 2.25. The van der Waals surface area contributed by atoms with Crippen molar-refractivity contribution in [2.45, 2.75) is 37.4 Å². The number of rotatable bonds is 4. The van der Waals surface area contributed by atoms with E-state index in [2.05, 4.69) is 9.97 Å². The summed E-state index contributed by atoms with van der Waals surface area (Å²) in [5.74, 6) is 0.777. The zero-order valence-corrected chi connectivity index (χ0v) is 14.7. The summed E-state index contributed by atoms with van der Waals surface area (Å²) in [4.78, 5) is 22.9. The van der Waals surface area contributed by atoms with Crippen molar-refractivity contribution in [3.05, 3.63) is 54.5 Å². The first-order chi connectivity index (χ1) is 12.7. The van der Waals surface area contributed by atoms with E-state index in [9.17, 15) is 4.79 Å². The molecule has 26 heavy (non-hydrogen) atoms. The number of ether oxygens (including phenoxy) is 2. The van der Waals surface area contributed by atoms with Crippen LogP contribution in [0.1, 0.15) is 25.0 Å². The molecule has 0 N–H and O–H groups in total. The second kappa shape index (κ2) is 7.41. The average Bonchev–Trinajstić information content (AvgIpc) is 3.06. The highest BCUT2D eigenvalue weighted by Gasteiger charge is 2.44. The number of aromatic nitrogens is 2. The smallest absolute Gasteiger partial charge is 0.228 e. The van der Waals surface area contributed by atoms with E-state index in [1.54, 1.807) is 12.4 Å². The van der Waals surface area contributed by atoms with Crippen LogP contribution in [0.2, 0.25) is 0 Å². The Kier molecular flexibility index (Phi) is 4.84. The van der Waals surface area contributed by atoms with Crippen LogP contribution in [0.5, 0.6) is 5.88 Å². The minimum Gasteiger partial charge on any atom is -0.472 e. The monoisotopic (exact) mass is 353 g/mol. The lowest BCUT2D eigenvalue weighted by atomic mass is 9.88. The fourth-order valence-electron chi connectivity index (χ4n) is 3.75. The number of hydrogen-bond donors (Lipinski definition) is 0. The van der Waals surface area contributed by atoms with Gasteiger partial charge < -0.3 is 14.4 Å². The topological polar surface area (TPSA) is 64.6 Å². The Morgan fingerprint density at radius 3 is 2.62 bits per heavy atom. The number of likely N-dealkylation sites (tertiary alicyclic amines) is 1. The highest BCUT2D eigenvalue weighted by atomic mass is 16.6. The Bertz CT molecular complexity index is 730. The molecule has 1 atom stereocenters. The third-order valence-corrected chi connectivity index (χ3v) is 5.19. The van der Waals surface area contributed by atoms with E-state index in [4.69, 9.17) is 9.47 Å². The molecule has 0 bridgehead atoms. The van der Waals surface area contributed by atoms with Crippen molar-refractivity contribution in [1.82, 2.24) is 14.9 Å². The Hall–Kier alpha value is -2.47. The Morgan fingerprint density at radius 2 is 1.92 bits per heavy atom. The van der Waals surface area contributed by atoms with Crippen molar-refractivity contribution < 1.29 is 14.3 Å². The van der Waals surface area contributed by atoms with Gasteiger partial charge in [-0.15, -0.1) is 0 Å². The van der Waals surface area contributed by atoms with Crippen LogP contribution in [-0.4, -0.2) is 52.2 Å². The van der Waals surface area contributed by atoms with Crippen LogP contribution < -0.4 is 4.74 Å². The molecule has 1 amide bonds. The van der Waals surface area contributed by atoms with Gasteiger partial charge in [0.05, 0.1) is 18.6 Å². The van der Waals surface area contributed by atoms with Gasteiger partial charge in [-0.2, -0.15) is 0 Å². The van der Waals surface area contributed by atoms with Crippen molar-refractivity contribution in [2.24, 2.45) is 0 Å². The summed E-state index contributed by atoms with van der Waals surface area (Å²) in [6.07, 6.45) is 6.40. The number of pyridine rings is 2. The molecule has 4 rings (SSSR count). The fourth-order valence-corrected chi connectivity index (χ4v) is 3.75. The Labute approximate surface area is 153 Å². The molecule has 1 spiro atoms. The van der Waals surface area contributed by atoms with Crippen molar-refractivity contribution in [2.75, 3.05) is 19.7 Å². The molecule has 0 aromatic carbocycles. The summed E-state index contributed by atoms with van der Waals surface area (Å²) < 4.78 is 12.0. The van der Waals surface area contributed by atoms with Gasteiger partial charge in [0.2, 0.25) is 11.8 Å². The number of nitrogens with zero attached hydrogens (tertiary/aromatic N) is 3. The zero-order chi connectivity index (χ0) is 17.8. The standard InChI is InChI=1S/C20H23N3O3/c24-19(13-16-5-1-3-9-21-16)23-11-7-20(8-12-23)14-17(15-25-20)26-18-6-2-4-10-22-18/h1-6,9-10,17H,7-8,11-15H2/t17-/m1/s1. The highest BCUT2D eigenvalue weighted by molar-refractivity contribution is 5.78. The number of carbonyl (C=O) groups is 1. The molecule has 2 fully saturated rings. The second-order valence-corrected chi connectivity index (χ2v) is 6.98. The van der Waals surface area contributed by atoms with E-state index >= 15 is 0 Å². The van der Waals surface area contributed by atoms with E-state index in [1.807, 2.05) is 41.3 Å². The molecular formula is C20H23N3O3. The fraction of sp³-hybridized carbons (Fsp3) is 0.450. The summed E-state index contributed by atoms with van der Waals surface area (Å²) in [5, 5.41) is 0. The van der Waals surface area contributed by atoms with E-state index < -0.39 is 0 Å².